The molecule has 1 saturated heterocycles. The van der Waals surface area contributed by atoms with Gasteiger partial charge in [-0.05, 0) is 18.9 Å². The third-order valence-electron chi connectivity index (χ3n) is 3.22. The Labute approximate surface area is 109 Å². The predicted molar refractivity (Wildman–Crippen MR) is 69.5 cm³/mol. The van der Waals surface area contributed by atoms with Crippen LogP contribution in [0.5, 0.6) is 0 Å². The Balaban J connectivity index is 2.51. The van der Waals surface area contributed by atoms with Gasteiger partial charge in [0.25, 0.3) is 5.69 Å². The van der Waals surface area contributed by atoms with E-state index < -0.39 is 10.9 Å². The topological polar surface area (TPSA) is 110 Å². The average molecular weight is 265 g/mol. The van der Waals surface area contributed by atoms with E-state index in [4.69, 9.17) is 5.73 Å². The highest BCUT2D eigenvalue weighted by Crippen LogP contribution is 2.33. The summed E-state index contributed by atoms with van der Waals surface area (Å²) in [5.41, 5.74) is 5.78. The highest BCUT2D eigenvalue weighted by Gasteiger charge is 2.28. The minimum absolute atomic E-state index is 0.0525. The average Bonchev–Trinajstić information content (AvgIpc) is 2.37. The second kappa shape index (κ2) is 5.23. The van der Waals surface area contributed by atoms with Gasteiger partial charge < -0.3 is 15.7 Å². The molecule has 1 aliphatic rings. The summed E-state index contributed by atoms with van der Waals surface area (Å²) in [5.74, 6) is -1.17. The molecule has 0 bridgehead atoms. The number of nitro groups is 1. The van der Waals surface area contributed by atoms with Crippen molar-refractivity contribution in [1.29, 1.82) is 0 Å². The minimum Gasteiger partial charge on any atom is -0.478 e. The molecule has 0 amide bonds. The number of nitro benzene ring substituents is 1. The zero-order valence-electron chi connectivity index (χ0n) is 10.3. The van der Waals surface area contributed by atoms with E-state index in [0.29, 0.717) is 13.1 Å². The fraction of sp³-hybridized carbons (Fsp3) is 0.417. The Bertz CT molecular complexity index is 485. The van der Waals surface area contributed by atoms with Crippen LogP contribution in [0, 0.1) is 10.1 Å². The molecule has 0 aliphatic carbocycles. The lowest BCUT2D eigenvalue weighted by Gasteiger charge is -2.32. The Kier molecular flexibility index (Phi) is 3.66. The van der Waals surface area contributed by atoms with Crippen molar-refractivity contribution < 1.29 is 14.8 Å². The number of carboxylic acids is 1. The van der Waals surface area contributed by atoms with E-state index in [1.807, 2.05) is 0 Å². The molecule has 0 radical (unpaired) electrons. The molecule has 2 rings (SSSR count). The number of benzene rings is 1. The molecule has 1 heterocycles. The van der Waals surface area contributed by atoms with E-state index in [-0.39, 0.29) is 23.0 Å². The summed E-state index contributed by atoms with van der Waals surface area (Å²) >= 11 is 0. The smallest absolute Gasteiger partial charge is 0.338 e. The predicted octanol–water partition coefficient (Wildman–Crippen LogP) is 1.22. The van der Waals surface area contributed by atoms with Crippen LogP contribution in [0.1, 0.15) is 23.2 Å². The monoisotopic (exact) mass is 265 g/mol. The second-order valence-corrected chi connectivity index (χ2v) is 4.58. The van der Waals surface area contributed by atoms with Gasteiger partial charge in [-0.25, -0.2) is 4.79 Å². The molecule has 0 spiro atoms. The molecule has 19 heavy (non-hydrogen) atoms. The number of hydrogen-bond donors (Lipinski definition) is 2. The van der Waals surface area contributed by atoms with E-state index in [1.54, 1.807) is 4.90 Å². The number of aromatic carboxylic acids is 1. The second-order valence-electron chi connectivity index (χ2n) is 4.58. The van der Waals surface area contributed by atoms with Crippen LogP contribution in [-0.2, 0) is 0 Å². The fourth-order valence-electron chi connectivity index (χ4n) is 2.40. The van der Waals surface area contributed by atoms with Crippen molar-refractivity contribution in [2.45, 2.75) is 18.9 Å². The SMILES string of the molecule is NC1CCCN(c2c(C(=O)O)cccc2[N+](=O)[O-])C1. The van der Waals surface area contributed by atoms with Gasteiger partial charge >= 0.3 is 5.97 Å². The van der Waals surface area contributed by atoms with Crippen molar-refractivity contribution in [3.63, 3.8) is 0 Å². The van der Waals surface area contributed by atoms with Crippen LogP contribution >= 0.6 is 0 Å². The van der Waals surface area contributed by atoms with Crippen molar-refractivity contribution in [2.75, 3.05) is 18.0 Å². The summed E-state index contributed by atoms with van der Waals surface area (Å²) in [6.45, 7) is 1.02. The van der Waals surface area contributed by atoms with Gasteiger partial charge in [0.1, 0.15) is 5.69 Å². The lowest BCUT2D eigenvalue weighted by Crippen LogP contribution is -2.43. The maximum Gasteiger partial charge on any atom is 0.338 e. The number of nitrogens with two attached hydrogens (primary N) is 1. The van der Waals surface area contributed by atoms with Gasteiger partial charge in [0, 0.05) is 25.2 Å². The van der Waals surface area contributed by atoms with Crippen molar-refractivity contribution >= 4 is 17.3 Å². The first-order valence-corrected chi connectivity index (χ1v) is 6.02. The molecule has 1 atom stereocenters. The number of piperidine rings is 1. The number of carboxylic acid groups (broad SMARTS) is 1. The van der Waals surface area contributed by atoms with Crippen LogP contribution in [-0.4, -0.2) is 35.1 Å². The minimum atomic E-state index is -1.17. The number of hydrogen-bond acceptors (Lipinski definition) is 5. The summed E-state index contributed by atoms with van der Waals surface area (Å²) < 4.78 is 0. The Hall–Kier alpha value is -2.15. The summed E-state index contributed by atoms with van der Waals surface area (Å²) in [6.07, 6.45) is 1.64. The van der Waals surface area contributed by atoms with E-state index in [2.05, 4.69) is 0 Å². The summed E-state index contributed by atoms with van der Waals surface area (Å²) in [7, 11) is 0. The highest BCUT2D eigenvalue weighted by molar-refractivity contribution is 5.97. The van der Waals surface area contributed by atoms with Crippen molar-refractivity contribution in [2.24, 2.45) is 5.73 Å². The van der Waals surface area contributed by atoms with Crippen LogP contribution in [0.15, 0.2) is 18.2 Å². The first kappa shape index (κ1) is 13.3. The maximum absolute atomic E-state index is 11.2. The molecule has 0 aromatic heterocycles. The van der Waals surface area contributed by atoms with Gasteiger partial charge in [-0.2, -0.15) is 0 Å². The van der Waals surface area contributed by atoms with Crippen LogP contribution in [0.2, 0.25) is 0 Å². The van der Waals surface area contributed by atoms with E-state index in [0.717, 1.165) is 12.8 Å². The molecule has 1 aliphatic heterocycles. The molecule has 7 heteroatoms. The quantitative estimate of drug-likeness (QED) is 0.628. The molecule has 1 aromatic carbocycles. The number of rotatable bonds is 3. The normalized spacial score (nSPS) is 19.2. The van der Waals surface area contributed by atoms with Gasteiger partial charge in [0.2, 0.25) is 0 Å². The van der Waals surface area contributed by atoms with Crippen molar-refractivity contribution in [1.82, 2.24) is 0 Å². The van der Waals surface area contributed by atoms with Crippen LogP contribution in [0.25, 0.3) is 0 Å². The number of anilines is 1. The number of nitrogens with zero attached hydrogens (tertiary/aromatic N) is 2. The standard InChI is InChI=1S/C12H15N3O4/c13-8-3-2-6-14(7-8)11-9(12(16)17)4-1-5-10(11)15(18)19/h1,4-5,8H,2-3,6-7,13H2,(H,16,17). The van der Waals surface area contributed by atoms with E-state index in [9.17, 15) is 20.0 Å². The third kappa shape index (κ3) is 2.65. The summed E-state index contributed by atoms with van der Waals surface area (Å²) in [6, 6.07) is 4.00. The zero-order chi connectivity index (χ0) is 14.0. The largest absolute Gasteiger partial charge is 0.478 e. The van der Waals surface area contributed by atoms with Gasteiger partial charge in [0.05, 0.1) is 10.5 Å². The lowest BCUT2D eigenvalue weighted by atomic mass is 10.0. The molecule has 0 saturated carbocycles. The Morgan fingerprint density at radius 2 is 2.26 bits per heavy atom. The van der Waals surface area contributed by atoms with Crippen LogP contribution < -0.4 is 10.6 Å². The van der Waals surface area contributed by atoms with Crippen molar-refractivity contribution in [3.05, 3.63) is 33.9 Å². The Morgan fingerprint density at radius 3 is 2.84 bits per heavy atom. The molecule has 1 aromatic rings. The Morgan fingerprint density at radius 1 is 1.53 bits per heavy atom. The molecule has 1 fully saturated rings. The van der Waals surface area contributed by atoms with E-state index >= 15 is 0 Å². The maximum atomic E-state index is 11.2. The van der Waals surface area contributed by atoms with Crippen molar-refractivity contribution in [3.8, 4) is 0 Å². The van der Waals surface area contributed by atoms with Gasteiger partial charge in [-0.3, -0.25) is 10.1 Å². The van der Waals surface area contributed by atoms with E-state index in [1.165, 1.54) is 18.2 Å². The number of carbonyl (C=O) groups is 1. The lowest BCUT2D eigenvalue weighted by molar-refractivity contribution is -0.384. The first-order chi connectivity index (χ1) is 9.00. The molecular weight excluding hydrogens is 250 g/mol. The molecule has 7 nitrogen and oxygen atoms in total. The third-order valence-corrected chi connectivity index (χ3v) is 3.22. The van der Waals surface area contributed by atoms with Gasteiger partial charge in [0.15, 0.2) is 0 Å². The molecule has 1 unspecified atom stereocenters. The first-order valence-electron chi connectivity index (χ1n) is 6.02. The highest BCUT2D eigenvalue weighted by atomic mass is 16.6. The number of para-hydroxylation sites is 1. The zero-order valence-corrected chi connectivity index (χ0v) is 10.3. The fourth-order valence-corrected chi connectivity index (χ4v) is 2.40. The molecule has 3 N–H and O–H groups in total. The molecule has 102 valence electrons. The van der Waals surface area contributed by atoms with Gasteiger partial charge in [-0.1, -0.05) is 6.07 Å². The van der Waals surface area contributed by atoms with Crippen LogP contribution in [0.4, 0.5) is 11.4 Å². The summed E-state index contributed by atoms with van der Waals surface area (Å²) in [5, 5.41) is 20.3. The van der Waals surface area contributed by atoms with Gasteiger partial charge in [-0.15, -0.1) is 0 Å². The summed E-state index contributed by atoms with van der Waals surface area (Å²) in [4.78, 5) is 23.5. The van der Waals surface area contributed by atoms with Crippen LogP contribution in [0.3, 0.4) is 0 Å². The molecular formula is C12H15N3O4.